The molecule has 0 spiro atoms. The molecule has 23 heavy (non-hydrogen) atoms. The number of hydrogen-bond acceptors (Lipinski definition) is 4. The first-order valence-corrected chi connectivity index (χ1v) is 8.89. The summed E-state index contributed by atoms with van der Waals surface area (Å²) in [5.41, 5.74) is 0.0604. The summed E-state index contributed by atoms with van der Waals surface area (Å²) >= 11 is 1.41. The van der Waals surface area contributed by atoms with Gasteiger partial charge in [0.1, 0.15) is 0 Å². The Labute approximate surface area is 142 Å². The zero-order chi connectivity index (χ0) is 17.4. The predicted octanol–water partition coefficient (Wildman–Crippen LogP) is 4.41. The van der Waals surface area contributed by atoms with Gasteiger partial charge in [0.2, 0.25) is 5.91 Å². The maximum Gasteiger partial charge on any atom is 0.269 e. The van der Waals surface area contributed by atoms with E-state index >= 15 is 0 Å². The molecule has 0 saturated carbocycles. The molecule has 1 rings (SSSR count). The number of non-ortho nitro benzene ring substituents is 1. The highest BCUT2D eigenvalue weighted by Gasteiger charge is 2.17. The SMILES string of the molecule is CC(C)CCCC(C)NC(=O)C(C)Sc1ccc([N+](=O)[O-])cc1. The number of benzene rings is 1. The highest BCUT2D eigenvalue weighted by atomic mass is 32.2. The molecule has 2 atom stereocenters. The van der Waals surface area contributed by atoms with Gasteiger partial charge in [-0.25, -0.2) is 0 Å². The van der Waals surface area contributed by atoms with Gasteiger partial charge in [-0.05, 0) is 38.3 Å². The van der Waals surface area contributed by atoms with Crippen LogP contribution in [-0.2, 0) is 4.79 Å². The average molecular weight is 338 g/mol. The summed E-state index contributed by atoms with van der Waals surface area (Å²) in [6.07, 6.45) is 3.27. The van der Waals surface area contributed by atoms with Gasteiger partial charge in [0.25, 0.3) is 5.69 Å². The first-order chi connectivity index (χ1) is 10.8. The molecular formula is C17H26N2O3S. The first kappa shape index (κ1) is 19.5. The van der Waals surface area contributed by atoms with E-state index in [0.29, 0.717) is 5.92 Å². The van der Waals surface area contributed by atoms with Gasteiger partial charge in [0.05, 0.1) is 10.2 Å². The van der Waals surface area contributed by atoms with Gasteiger partial charge in [-0.3, -0.25) is 14.9 Å². The summed E-state index contributed by atoms with van der Waals surface area (Å²) < 4.78 is 0. The maximum absolute atomic E-state index is 12.2. The van der Waals surface area contributed by atoms with Gasteiger partial charge in [-0.2, -0.15) is 0 Å². The van der Waals surface area contributed by atoms with Gasteiger partial charge >= 0.3 is 0 Å². The minimum Gasteiger partial charge on any atom is -0.353 e. The predicted molar refractivity (Wildman–Crippen MR) is 94.7 cm³/mol. The van der Waals surface area contributed by atoms with E-state index in [0.717, 1.165) is 17.7 Å². The number of carbonyl (C=O) groups excluding carboxylic acids is 1. The van der Waals surface area contributed by atoms with Crippen molar-refractivity contribution in [1.29, 1.82) is 0 Å². The van der Waals surface area contributed by atoms with Crippen molar-refractivity contribution in [2.24, 2.45) is 5.92 Å². The molecule has 128 valence electrons. The molecule has 0 aliphatic heterocycles. The number of carbonyl (C=O) groups is 1. The minimum absolute atomic E-state index is 0.00500. The van der Waals surface area contributed by atoms with Gasteiger partial charge < -0.3 is 5.32 Å². The Morgan fingerprint density at radius 2 is 1.78 bits per heavy atom. The number of amides is 1. The van der Waals surface area contributed by atoms with E-state index in [1.54, 1.807) is 12.1 Å². The van der Waals surface area contributed by atoms with Crippen LogP contribution in [0.25, 0.3) is 0 Å². The van der Waals surface area contributed by atoms with Gasteiger partial charge in [-0.15, -0.1) is 11.8 Å². The van der Waals surface area contributed by atoms with Crippen molar-refractivity contribution in [2.75, 3.05) is 0 Å². The highest BCUT2D eigenvalue weighted by Crippen LogP contribution is 2.25. The molecule has 1 aromatic carbocycles. The molecule has 1 N–H and O–H groups in total. The van der Waals surface area contributed by atoms with Gasteiger partial charge in [0.15, 0.2) is 0 Å². The number of thioether (sulfide) groups is 1. The molecule has 5 nitrogen and oxygen atoms in total. The summed E-state index contributed by atoms with van der Waals surface area (Å²) in [5.74, 6) is 0.694. The molecular weight excluding hydrogens is 312 g/mol. The molecule has 0 aromatic heterocycles. The fraction of sp³-hybridized carbons (Fsp3) is 0.588. The van der Waals surface area contributed by atoms with Crippen molar-refractivity contribution >= 4 is 23.4 Å². The highest BCUT2D eigenvalue weighted by molar-refractivity contribution is 8.00. The lowest BCUT2D eigenvalue weighted by molar-refractivity contribution is -0.384. The Balaban J connectivity index is 2.42. The first-order valence-electron chi connectivity index (χ1n) is 8.01. The van der Waals surface area contributed by atoms with Crippen molar-refractivity contribution in [3.8, 4) is 0 Å². The number of nitro groups is 1. The molecule has 0 aliphatic rings. The van der Waals surface area contributed by atoms with Crippen LogP contribution in [0.1, 0.15) is 47.0 Å². The zero-order valence-corrected chi connectivity index (χ0v) is 15.1. The second-order valence-electron chi connectivity index (χ2n) is 6.25. The fourth-order valence-corrected chi connectivity index (χ4v) is 3.05. The van der Waals surface area contributed by atoms with Gasteiger partial charge in [-0.1, -0.05) is 26.7 Å². The van der Waals surface area contributed by atoms with Crippen LogP contribution in [0.15, 0.2) is 29.2 Å². The summed E-state index contributed by atoms with van der Waals surface area (Å²) in [5, 5.41) is 13.4. The molecule has 2 unspecified atom stereocenters. The number of rotatable bonds is 9. The van der Waals surface area contributed by atoms with E-state index in [4.69, 9.17) is 0 Å². The van der Waals surface area contributed by atoms with Crippen molar-refractivity contribution in [2.45, 2.75) is 63.1 Å². The Bertz CT molecular complexity index is 517. The monoisotopic (exact) mass is 338 g/mol. The molecule has 0 radical (unpaired) electrons. The van der Waals surface area contributed by atoms with E-state index < -0.39 is 4.92 Å². The molecule has 0 heterocycles. The van der Waals surface area contributed by atoms with Crippen LogP contribution in [0.2, 0.25) is 0 Å². The molecule has 0 aliphatic carbocycles. The average Bonchev–Trinajstić information content (AvgIpc) is 2.47. The van der Waals surface area contributed by atoms with E-state index in [-0.39, 0.29) is 22.9 Å². The largest absolute Gasteiger partial charge is 0.353 e. The summed E-state index contributed by atoms with van der Waals surface area (Å²) in [4.78, 5) is 23.2. The summed E-state index contributed by atoms with van der Waals surface area (Å²) in [7, 11) is 0. The topological polar surface area (TPSA) is 72.2 Å². The lowest BCUT2D eigenvalue weighted by atomic mass is 10.0. The molecule has 6 heteroatoms. The number of nitrogens with one attached hydrogen (secondary N) is 1. The molecule has 0 saturated heterocycles. The number of hydrogen-bond donors (Lipinski definition) is 1. The minimum atomic E-state index is -0.427. The van der Waals surface area contributed by atoms with Crippen molar-refractivity contribution in [3.05, 3.63) is 34.4 Å². The van der Waals surface area contributed by atoms with Crippen molar-refractivity contribution in [1.82, 2.24) is 5.32 Å². The zero-order valence-electron chi connectivity index (χ0n) is 14.2. The number of nitrogens with zero attached hydrogens (tertiary/aromatic N) is 1. The molecule has 0 bridgehead atoms. The van der Waals surface area contributed by atoms with E-state index in [1.165, 1.54) is 30.3 Å². The third kappa shape index (κ3) is 7.50. The Morgan fingerprint density at radius 3 is 2.30 bits per heavy atom. The van der Waals surface area contributed by atoms with E-state index in [1.807, 2.05) is 13.8 Å². The second kappa shape index (κ2) is 9.55. The van der Waals surface area contributed by atoms with Crippen molar-refractivity contribution < 1.29 is 9.72 Å². The van der Waals surface area contributed by atoms with Crippen LogP contribution in [-0.4, -0.2) is 22.1 Å². The van der Waals surface area contributed by atoms with Crippen LogP contribution in [0.3, 0.4) is 0 Å². The molecule has 0 fully saturated rings. The van der Waals surface area contributed by atoms with Gasteiger partial charge in [0, 0.05) is 23.1 Å². The van der Waals surface area contributed by atoms with Crippen LogP contribution in [0, 0.1) is 16.0 Å². The third-order valence-corrected chi connectivity index (χ3v) is 4.65. The lowest BCUT2D eigenvalue weighted by Gasteiger charge is -2.17. The van der Waals surface area contributed by atoms with E-state index in [2.05, 4.69) is 19.2 Å². The lowest BCUT2D eigenvalue weighted by Crippen LogP contribution is -2.37. The Morgan fingerprint density at radius 1 is 1.17 bits per heavy atom. The quantitative estimate of drug-likeness (QED) is 0.411. The molecule has 1 aromatic rings. The maximum atomic E-state index is 12.2. The fourth-order valence-electron chi connectivity index (χ4n) is 2.17. The van der Waals surface area contributed by atoms with Crippen LogP contribution in [0.4, 0.5) is 5.69 Å². The summed E-state index contributed by atoms with van der Waals surface area (Å²) in [6, 6.07) is 6.45. The standard InChI is InChI=1S/C17H26N2O3S/c1-12(2)6-5-7-13(3)18-17(20)14(4)23-16-10-8-15(9-11-16)19(21)22/h8-14H,5-7H2,1-4H3,(H,18,20). The summed E-state index contributed by atoms with van der Waals surface area (Å²) in [6.45, 7) is 8.28. The second-order valence-corrected chi connectivity index (χ2v) is 7.66. The van der Waals surface area contributed by atoms with Crippen LogP contribution >= 0.6 is 11.8 Å². The van der Waals surface area contributed by atoms with Crippen LogP contribution < -0.4 is 5.32 Å². The smallest absolute Gasteiger partial charge is 0.269 e. The van der Waals surface area contributed by atoms with Crippen LogP contribution in [0.5, 0.6) is 0 Å². The van der Waals surface area contributed by atoms with E-state index in [9.17, 15) is 14.9 Å². The Kier molecular flexibility index (Phi) is 8.09. The molecule has 1 amide bonds. The Hall–Kier alpha value is -1.56. The number of nitro benzene ring substituents is 1. The third-order valence-electron chi connectivity index (χ3n) is 3.54. The van der Waals surface area contributed by atoms with Crippen molar-refractivity contribution in [3.63, 3.8) is 0 Å². The normalized spacial score (nSPS) is 13.6.